The third-order valence-electron chi connectivity index (χ3n) is 1.92. The van der Waals surface area contributed by atoms with E-state index in [1.807, 2.05) is 0 Å². The number of carboxylic acids is 1. The van der Waals surface area contributed by atoms with Crippen LogP contribution in [0.5, 0.6) is 0 Å². The van der Waals surface area contributed by atoms with Gasteiger partial charge in [0.25, 0.3) is 0 Å². The fourth-order valence-corrected chi connectivity index (χ4v) is 1.44. The van der Waals surface area contributed by atoms with Crippen LogP contribution in [0.4, 0.5) is 4.79 Å². The summed E-state index contributed by atoms with van der Waals surface area (Å²) in [7, 11) is 0. The average molecular weight is 236 g/mol. The first kappa shape index (κ1) is 12.1. The minimum atomic E-state index is -1.34. The van der Waals surface area contributed by atoms with Crippen LogP contribution in [0, 0.1) is 0 Å². The Labute approximate surface area is 92.9 Å². The van der Waals surface area contributed by atoms with Crippen LogP contribution in [0.15, 0.2) is 0 Å². The van der Waals surface area contributed by atoms with Gasteiger partial charge in [0.05, 0.1) is 13.1 Å². The van der Waals surface area contributed by atoms with E-state index in [4.69, 9.17) is 21.4 Å². The van der Waals surface area contributed by atoms with Crippen molar-refractivity contribution in [3.8, 4) is 0 Å². The molecule has 1 amide bonds. The molecule has 1 aliphatic rings. The molecule has 1 N–H and O–H groups in total. The Bertz CT molecular complexity index is 291. The van der Waals surface area contributed by atoms with E-state index < -0.39 is 22.5 Å². The SMILES string of the molecule is CC(C)(C)OC(=O)N1CC(Cl)(C(=O)O)C1. The van der Waals surface area contributed by atoms with Crippen LogP contribution in [0.25, 0.3) is 0 Å². The van der Waals surface area contributed by atoms with E-state index in [1.54, 1.807) is 20.8 Å². The molecule has 6 heteroatoms. The van der Waals surface area contributed by atoms with Gasteiger partial charge >= 0.3 is 12.1 Å². The molecule has 0 atom stereocenters. The van der Waals surface area contributed by atoms with Crippen LogP contribution in [0.1, 0.15) is 20.8 Å². The van der Waals surface area contributed by atoms with Crippen LogP contribution in [0.3, 0.4) is 0 Å². The molecular weight excluding hydrogens is 222 g/mol. The van der Waals surface area contributed by atoms with E-state index in [9.17, 15) is 9.59 Å². The number of rotatable bonds is 1. The van der Waals surface area contributed by atoms with Crippen molar-refractivity contribution in [3.05, 3.63) is 0 Å². The van der Waals surface area contributed by atoms with Crippen molar-refractivity contribution in [3.63, 3.8) is 0 Å². The lowest BCUT2D eigenvalue weighted by atomic mass is 10.0. The summed E-state index contributed by atoms with van der Waals surface area (Å²) in [5, 5.41) is 8.71. The van der Waals surface area contributed by atoms with E-state index in [-0.39, 0.29) is 13.1 Å². The summed E-state index contributed by atoms with van der Waals surface area (Å²) in [6.45, 7) is 5.21. The summed E-state index contributed by atoms with van der Waals surface area (Å²) in [6.07, 6.45) is -0.528. The number of nitrogens with zero attached hydrogens (tertiary/aromatic N) is 1. The Morgan fingerprint density at radius 2 is 1.87 bits per heavy atom. The highest BCUT2D eigenvalue weighted by Crippen LogP contribution is 2.29. The molecular formula is C9H14ClNO4. The predicted octanol–water partition coefficient (Wildman–Crippen LogP) is 1.30. The quantitative estimate of drug-likeness (QED) is 0.696. The number of carbonyl (C=O) groups excluding carboxylic acids is 1. The molecule has 0 aromatic rings. The van der Waals surface area contributed by atoms with Gasteiger partial charge < -0.3 is 14.7 Å². The molecule has 0 radical (unpaired) electrons. The maximum Gasteiger partial charge on any atom is 0.410 e. The number of aliphatic carboxylic acids is 1. The normalized spacial score (nSPS) is 19.3. The van der Waals surface area contributed by atoms with Gasteiger partial charge in [-0.1, -0.05) is 0 Å². The van der Waals surface area contributed by atoms with E-state index in [0.29, 0.717) is 0 Å². The van der Waals surface area contributed by atoms with Crippen molar-refractivity contribution < 1.29 is 19.4 Å². The Morgan fingerprint density at radius 3 is 2.20 bits per heavy atom. The molecule has 86 valence electrons. The Balaban J connectivity index is 2.46. The maximum atomic E-state index is 11.4. The first-order valence-electron chi connectivity index (χ1n) is 4.54. The van der Waals surface area contributed by atoms with Gasteiger partial charge in [-0.05, 0) is 20.8 Å². The number of likely N-dealkylation sites (tertiary alicyclic amines) is 1. The number of hydrogen-bond donors (Lipinski definition) is 1. The second-order valence-corrected chi connectivity index (χ2v) is 5.33. The highest BCUT2D eigenvalue weighted by Gasteiger charge is 2.51. The van der Waals surface area contributed by atoms with Gasteiger partial charge in [-0.3, -0.25) is 4.79 Å². The Kier molecular flexibility index (Phi) is 2.87. The van der Waals surface area contributed by atoms with Crippen LogP contribution in [0.2, 0.25) is 0 Å². The third-order valence-corrected chi connectivity index (χ3v) is 2.32. The first-order chi connectivity index (χ1) is 6.64. The summed E-state index contributed by atoms with van der Waals surface area (Å²) < 4.78 is 5.05. The molecule has 1 heterocycles. The number of carboxylic acid groups (broad SMARTS) is 1. The number of hydrogen-bond acceptors (Lipinski definition) is 3. The molecule has 0 aromatic heterocycles. The number of alkyl halides is 1. The highest BCUT2D eigenvalue weighted by molar-refractivity contribution is 6.35. The Morgan fingerprint density at radius 1 is 1.40 bits per heavy atom. The maximum absolute atomic E-state index is 11.4. The van der Waals surface area contributed by atoms with Crippen LogP contribution in [-0.2, 0) is 9.53 Å². The van der Waals surface area contributed by atoms with E-state index >= 15 is 0 Å². The number of ether oxygens (including phenoxy) is 1. The van der Waals surface area contributed by atoms with Crippen LogP contribution in [-0.4, -0.2) is 45.6 Å². The molecule has 15 heavy (non-hydrogen) atoms. The zero-order valence-electron chi connectivity index (χ0n) is 8.91. The van der Waals surface area contributed by atoms with Crippen molar-refractivity contribution in [1.29, 1.82) is 0 Å². The average Bonchev–Trinajstić information content (AvgIpc) is 1.94. The van der Waals surface area contributed by atoms with Gasteiger partial charge in [0.15, 0.2) is 4.87 Å². The van der Waals surface area contributed by atoms with Crippen molar-refractivity contribution in [2.75, 3.05) is 13.1 Å². The zero-order chi connectivity index (χ0) is 11.9. The summed E-state index contributed by atoms with van der Waals surface area (Å²) in [4.78, 5) is 22.0. The van der Waals surface area contributed by atoms with E-state index in [0.717, 1.165) is 0 Å². The van der Waals surface area contributed by atoms with Crippen molar-refractivity contribution in [2.45, 2.75) is 31.2 Å². The van der Waals surface area contributed by atoms with E-state index in [1.165, 1.54) is 4.90 Å². The lowest BCUT2D eigenvalue weighted by Gasteiger charge is -2.42. The standard InChI is InChI=1S/C9H14ClNO4/c1-8(2,3)15-7(14)11-4-9(10,5-11)6(12)13/h4-5H2,1-3H3,(H,12,13). The molecule has 0 unspecified atom stereocenters. The molecule has 1 rings (SSSR count). The minimum absolute atomic E-state index is 0.0151. The summed E-state index contributed by atoms with van der Waals surface area (Å²) in [6, 6.07) is 0. The van der Waals surface area contributed by atoms with Crippen molar-refractivity contribution in [2.24, 2.45) is 0 Å². The monoisotopic (exact) mass is 235 g/mol. The summed E-state index contributed by atoms with van der Waals surface area (Å²) in [5.41, 5.74) is -0.579. The highest BCUT2D eigenvalue weighted by atomic mass is 35.5. The first-order valence-corrected chi connectivity index (χ1v) is 4.92. The van der Waals surface area contributed by atoms with Crippen molar-refractivity contribution >= 4 is 23.7 Å². The molecule has 0 bridgehead atoms. The van der Waals surface area contributed by atoms with Crippen LogP contribution >= 0.6 is 11.6 Å². The predicted molar refractivity (Wildman–Crippen MR) is 54.0 cm³/mol. The molecule has 1 fully saturated rings. The van der Waals surface area contributed by atoms with E-state index in [2.05, 4.69) is 0 Å². The number of amides is 1. The second kappa shape index (κ2) is 3.56. The zero-order valence-corrected chi connectivity index (χ0v) is 9.67. The lowest BCUT2D eigenvalue weighted by Crippen LogP contribution is -2.64. The van der Waals surface area contributed by atoms with Gasteiger partial charge in [-0.25, -0.2) is 4.79 Å². The molecule has 1 aliphatic heterocycles. The largest absolute Gasteiger partial charge is 0.480 e. The number of halogens is 1. The topological polar surface area (TPSA) is 66.8 Å². The van der Waals surface area contributed by atoms with Gasteiger partial charge in [0.1, 0.15) is 5.60 Å². The van der Waals surface area contributed by atoms with Crippen LogP contribution < -0.4 is 0 Å². The fourth-order valence-electron chi connectivity index (χ4n) is 1.15. The summed E-state index contributed by atoms with van der Waals surface area (Å²) >= 11 is 5.70. The molecule has 5 nitrogen and oxygen atoms in total. The molecule has 1 saturated heterocycles. The smallest absolute Gasteiger partial charge is 0.410 e. The lowest BCUT2D eigenvalue weighted by molar-refractivity contribution is -0.144. The molecule has 0 spiro atoms. The van der Waals surface area contributed by atoms with Gasteiger partial charge in [0.2, 0.25) is 0 Å². The van der Waals surface area contributed by atoms with Gasteiger partial charge in [-0.2, -0.15) is 0 Å². The van der Waals surface area contributed by atoms with Gasteiger partial charge in [0, 0.05) is 0 Å². The third kappa shape index (κ3) is 2.75. The van der Waals surface area contributed by atoms with Gasteiger partial charge in [-0.15, -0.1) is 11.6 Å². The number of carbonyl (C=O) groups is 2. The summed E-state index contributed by atoms with van der Waals surface area (Å²) in [5.74, 6) is -1.11. The van der Waals surface area contributed by atoms with Crippen molar-refractivity contribution in [1.82, 2.24) is 4.90 Å². The fraction of sp³-hybridized carbons (Fsp3) is 0.778. The second-order valence-electron chi connectivity index (χ2n) is 4.61. The molecule has 0 aliphatic carbocycles. The molecule has 0 saturated carbocycles. The Hall–Kier alpha value is -0.970. The minimum Gasteiger partial charge on any atom is -0.480 e. The molecule has 0 aromatic carbocycles.